The summed E-state index contributed by atoms with van der Waals surface area (Å²) < 4.78 is 11.4. The van der Waals surface area contributed by atoms with Crippen LogP contribution in [0, 0.1) is 0 Å². The minimum atomic E-state index is -0.326. The van der Waals surface area contributed by atoms with E-state index in [1.165, 1.54) is 0 Å². The molecule has 0 spiro atoms. The predicted octanol–water partition coefficient (Wildman–Crippen LogP) is 2.57. The van der Waals surface area contributed by atoms with Crippen LogP contribution in [0.3, 0.4) is 0 Å². The summed E-state index contributed by atoms with van der Waals surface area (Å²) in [5.74, 6) is -0.326. The van der Waals surface area contributed by atoms with E-state index in [1.54, 1.807) is 25.6 Å². The number of methoxy groups -OCH3 is 1. The van der Waals surface area contributed by atoms with Crippen molar-refractivity contribution in [3.05, 3.63) is 28.5 Å². The third kappa shape index (κ3) is 2.84. The second kappa shape index (κ2) is 5.60. The number of aromatic nitrogens is 1. The lowest BCUT2D eigenvalue weighted by molar-refractivity contribution is -0.0207. The largest absolute Gasteiger partial charge is 0.456 e. The predicted molar refractivity (Wildman–Crippen MR) is 65.8 cm³/mol. The van der Waals surface area contributed by atoms with Crippen LogP contribution in [0.4, 0.5) is 0 Å². The fraction of sp³-hybridized carbons (Fsp3) is 0.500. The highest BCUT2D eigenvalue weighted by atomic mass is 79.9. The monoisotopic (exact) mass is 299 g/mol. The van der Waals surface area contributed by atoms with Crippen LogP contribution in [0.25, 0.3) is 0 Å². The topological polar surface area (TPSA) is 48.4 Å². The Kier molecular flexibility index (Phi) is 4.12. The summed E-state index contributed by atoms with van der Waals surface area (Å²) in [6.07, 6.45) is 5.91. The van der Waals surface area contributed by atoms with Crippen molar-refractivity contribution in [1.29, 1.82) is 0 Å². The van der Waals surface area contributed by atoms with Gasteiger partial charge >= 0.3 is 5.97 Å². The highest BCUT2D eigenvalue weighted by Gasteiger charge is 2.31. The van der Waals surface area contributed by atoms with Gasteiger partial charge in [-0.2, -0.15) is 0 Å². The quantitative estimate of drug-likeness (QED) is 0.805. The van der Waals surface area contributed by atoms with Crippen molar-refractivity contribution in [2.24, 2.45) is 0 Å². The molecule has 0 radical (unpaired) electrons. The highest BCUT2D eigenvalue weighted by Crippen LogP contribution is 2.26. The molecular formula is C12H14BrNO3. The van der Waals surface area contributed by atoms with Crippen molar-refractivity contribution in [3.8, 4) is 0 Å². The zero-order chi connectivity index (χ0) is 12.3. The first-order valence-corrected chi connectivity index (χ1v) is 6.35. The molecule has 0 aromatic carbocycles. The molecule has 1 aromatic rings. The minimum Gasteiger partial charge on any atom is -0.456 e. The lowest BCUT2D eigenvalue weighted by Gasteiger charge is -2.18. The summed E-state index contributed by atoms with van der Waals surface area (Å²) in [6.45, 7) is 0. The van der Waals surface area contributed by atoms with Gasteiger partial charge in [0.05, 0.1) is 16.1 Å². The molecule has 1 aromatic heterocycles. The van der Waals surface area contributed by atoms with E-state index in [4.69, 9.17) is 9.47 Å². The van der Waals surface area contributed by atoms with Crippen LogP contribution in [0.15, 0.2) is 22.9 Å². The van der Waals surface area contributed by atoms with Gasteiger partial charge < -0.3 is 9.47 Å². The summed E-state index contributed by atoms with van der Waals surface area (Å²) in [5, 5.41) is 0. The van der Waals surface area contributed by atoms with Crippen LogP contribution in [0.5, 0.6) is 0 Å². The smallest absolute Gasteiger partial charge is 0.339 e. The van der Waals surface area contributed by atoms with Crippen LogP contribution >= 0.6 is 15.9 Å². The molecule has 5 heteroatoms. The zero-order valence-electron chi connectivity index (χ0n) is 9.56. The Balaban J connectivity index is 2.04. The van der Waals surface area contributed by atoms with Gasteiger partial charge in [0.1, 0.15) is 6.10 Å². The van der Waals surface area contributed by atoms with E-state index in [0.29, 0.717) is 10.0 Å². The Morgan fingerprint density at radius 3 is 2.94 bits per heavy atom. The fourth-order valence-electron chi connectivity index (χ4n) is 2.04. The van der Waals surface area contributed by atoms with Crippen LogP contribution in [0.2, 0.25) is 0 Å². The maximum absolute atomic E-state index is 11.9. The molecule has 1 aliphatic rings. The molecule has 2 rings (SSSR count). The first-order chi connectivity index (χ1) is 8.22. The van der Waals surface area contributed by atoms with E-state index in [9.17, 15) is 4.79 Å². The van der Waals surface area contributed by atoms with Gasteiger partial charge in [-0.3, -0.25) is 4.98 Å². The Morgan fingerprint density at radius 2 is 2.24 bits per heavy atom. The van der Waals surface area contributed by atoms with E-state index < -0.39 is 0 Å². The lowest BCUT2D eigenvalue weighted by Crippen LogP contribution is -2.27. The molecule has 1 fully saturated rings. The molecule has 0 amide bonds. The fourth-order valence-corrected chi connectivity index (χ4v) is 2.45. The van der Waals surface area contributed by atoms with E-state index in [0.717, 1.165) is 19.3 Å². The number of carbonyl (C=O) groups excluding carboxylic acids is 1. The summed E-state index contributed by atoms with van der Waals surface area (Å²) in [5.41, 5.74) is 0.502. The molecule has 0 N–H and O–H groups in total. The molecule has 2 atom stereocenters. The molecule has 1 heterocycles. The molecule has 0 saturated heterocycles. The van der Waals surface area contributed by atoms with Crippen molar-refractivity contribution >= 4 is 21.9 Å². The molecule has 0 bridgehead atoms. The van der Waals surface area contributed by atoms with E-state index in [1.807, 2.05) is 0 Å². The number of carbonyl (C=O) groups is 1. The third-order valence-corrected chi connectivity index (χ3v) is 3.58. The van der Waals surface area contributed by atoms with E-state index >= 15 is 0 Å². The number of rotatable bonds is 3. The second-order valence-corrected chi connectivity index (χ2v) is 4.86. The molecular weight excluding hydrogens is 286 g/mol. The van der Waals surface area contributed by atoms with E-state index in [2.05, 4.69) is 20.9 Å². The van der Waals surface area contributed by atoms with Crippen LogP contribution in [0.1, 0.15) is 29.6 Å². The minimum absolute atomic E-state index is 0.0274. The molecule has 0 aliphatic heterocycles. The maximum atomic E-state index is 11.9. The Hall–Kier alpha value is -0.940. The van der Waals surface area contributed by atoms with Gasteiger partial charge in [0.25, 0.3) is 0 Å². The number of pyridine rings is 1. The standard InChI is InChI=1S/C12H14BrNO3/c1-16-10-3-2-4-11(10)17-12(15)8-5-6-14-7-9(8)13/h5-7,10-11H,2-4H2,1H3/t10-,11-/m1/s1. The first kappa shape index (κ1) is 12.5. The van der Waals surface area contributed by atoms with E-state index in [-0.39, 0.29) is 18.2 Å². The number of hydrogen-bond acceptors (Lipinski definition) is 4. The Morgan fingerprint density at radius 1 is 1.47 bits per heavy atom. The average Bonchev–Trinajstić information content (AvgIpc) is 2.76. The Labute approximate surface area is 108 Å². The van der Waals surface area contributed by atoms with Crippen molar-refractivity contribution in [2.75, 3.05) is 7.11 Å². The first-order valence-electron chi connectivity index (χ1n) is 5.55. The van der Waals surface area contributed by atoms with Gasteiger partial charge in [-0.15, -0.1) is 0 Å². The summed E-state index contributed by atoms with van der Waals surface area (Å²) in [4.78, 5) is 15.9. The molecule has 0 unspecified atom stereocenters. The van der Waals surface area contributed by atoms with Gasteiger partial charge in [-0.1, -0.05) is 0 Å². The second-order valence-electron chi connectivity index (χ2n) is 4.00. The number of ether oxygens (including phenoxy) is 2. The van der Waals surface area contributed by atoms with Crippen LogP contribution < -0.4 is 0 Å². The molecule has 17 heavy (non-hydrogen) atoms. The van der Waals surface area contributed by atoms with Gasteiger partial charge in [-0.25, -0.2) is 4.79 Å². The van der Waals surface area contributed by atoms with Gasteiger partial charge in [0, 0.05) is 19.5 Å². The van der Waals surface area contributed by atoms with Crippen molar-refractivity contribution in [3.63, 3.8) is 0 Å². The van der Waals surface area contributed by atoms with Crippen molar-refractivity contribution in [2.45, 2.75) is 31.5 Å². The van der Waals surface area contributed by atoms with Crippen molar-refractivity contribution < 1.29 is 14.3 Å². The molecule has 92 valence electrons. The molecule has 4 nitrogen and oxygen atoms in total. The maximum Gasteiger partial charge on any atom is 0.339 e. The average molecular weight is 300 g/mol. The summed E-state index contributed by atoms with van der Waals surface area (Å²) >= 11 is 3.28. The summed E-state index contributed by atoms with van der Waals surface area (Å²) in [7, 11) is 1.65. The van der Waals surface area contributed by atoms with Gasteiger partial charge in [-0.05, 0) is 41.3 Å². The number of nitrogens with zero attached hydrogens (tertiary/aromatic N) is 1. The zero-order valence-corrected chi connectivity index (χ0v) is 11.1. The van der Waals surface area contributed by atoms with Crippen LogP contribution in [-0.2, 0) is 9.47 Å². The highest BCUT2D eigenvalue weighted by molar-refractivity contribution is 9.10. The normalized spacial score (nSPS) is 23.6. The summed E-state index contributed by atoms with van der Waals surface area (Å²) in [6, 6.07) is 1.64. The third-order valence-electron chi connectivity index (χ3n) is 2.95. The number of esters is 1. The van der Waals surface area contributed by atoms with Crippen LogP contribution in [-0.4, -0.2) is 30.3 Å². The van der Waals surface area contributed by atoms with Crippen molar-refractivity contribution in [1.82, 2.24) is 4.98 Å². The number of halogens is 1. The van der Waals surface area contributed by atoms with Gasteiger partial charge in [0.2, 0.25) is 0 Å². The Bertz CT molecular complexity index is 410. The lowest BCUT2D eigenvalue weighted by atomic mass is 10.2. The number of hydrogen-bond donors (Lipinski definition) is 0. The molecule has 1 saturated carbocycles. The van der Waals surface area contributed by atoms with Gasteiger partial charge in [0.15, 0.2) is 0 Å². The molecule has 1 aliphatic carbocycles. The SMILES string of the molecule is CO[C@@H]1CCC[C@H]1OC(=O)c1ccncc1Br.